The molecule has 5 N–H and O–H groups in total. The molecule has 1 heterocycles. The monoisotopic (exact) mass is 823 g/mol. The van der Waals surface area contributed by atoms with E-state index in [1.165, 1.54) is 0 Å². The van der Waals surface area contributed by atoms with Crippen LogP contribution in [-0.4, -0.2) is 71.9 Å². The molecule has 4 amide bonds. The van der Waals surface area contributed by atoms with Crippen molar-refractivity contribution in [3.05, 3.63) is 113 Å². The minimum absolute atomic E-state index is 0.0108. The van der Waals surface area contributed by atoms with Crippen LogP contribution in [0, 0.1) is 11.8 Å². The number of anilines is 1. The number of halogens is 1. The second-order valence-electron chi connectivity index (χ2n) is 15.2. The van der Waals surface area contributed by atoms with Crippen LogP contribution in [-0.2, 0) is 39.9 Å². The molecule has 3 atom stereocenters. The van der Waals surface area contributed by atoms with Gasteiger partial charge in [0.25, 0.3) is 5.91 Å². The number of carbonyl (C=O) groups excluding carboxylic acids is 6. The molecular weight excluding hydrogens is 774 g/mol. The SMILES string of the molecule is CC(C)COC(=O)CC[C@H](NC(=O)[C@H](CC(=O)OCC(C)C)NC(=O)[C@H](Cc1cccc2ccccc12)NC(=O)c1cc2cc(Cl)ccc2[nH]1)C(=O)Nc1ccccc1. The first-order valence-electron chi connectivity index (χ1n) is 19.6. The number of aromatic nitrogens is 1. The van der Waals surface area contributed by atoms with E-state index in [0.717, 1.165) is 16.3 Å². The standard InChI is InChI=1S/C45H50ClN5O8/c1-27(2)25-58-40(52)20-19-36(42(54)47-33-14-6-5-7-15-33)49-45(57)39(24-41(53)59-26-28(3)4)51-44(56)38(22-30-13-10-12-29-11-8-9-16-34(29)30)50-43(55)37-23-31-21-32(46)17-18-35(31)48-37/h5-18,21,23,27-28,36,38-39,48H,19-20,22,24-26H2,1-4H3,(H,47,54)(H,49,57)(H,50,55)(H,51,56)/t36-,38-,39-/m0/s1. The van der Waals surface area contributed by atoms with E-state index in [4.69, 9.17) is 21.1 Å². The Morgan fingerprint density at radius 2 is 1.29 bits per heavy atom. The number of esters is 2. The summed E-state index contributed by atoms with van der Waals surface area (Å²) >= 11 is 6.18. The molecule has 5 rings (SSSR count). The summed E-state index contributed by atoms with van der Waals surface area (Å²) < 4.78 is 10.7. The van der Waals surface area contributed by atoms with E-state index >= 15 is 0 Å². The van der Waals surface area contributed by atoms with Crippen LogP contribution in [0.3, 0.4) is 0 Å². The lowest BCUT2D eigenvalue weighted by atomic mass is 9.98. The second-order valence-corrected chi connectivity index (χ2v) is 15.6. The molecule has 0 unspecified atom stereocenters. The summed E-state index contributed by atoms with van der Waals surface area (Å²) in [7, 11) is 0. The number of ether oxygens (including phenoxy) is 2. The highest BCUT2D eigenvalue weighted by atomic mass is 35.5. The quantitative estimate of drug-likeness (QED) is 0.0585. The number of para-hydroxylation sites is 1. The zero-order valence-electron chi connectivity index (χ0n) is 33.5. The molecule has 0 radical (unpaired) electrons. The molecule has 14 heteroatoms. The molecule has 0 spiro atoms. The summed E-state index contributed by atoms with van der Waals surface area (Å²) in [4.78, 5) is 84.8. The van der Waals surface area contributed by atoms with Gasteiger partial charge < -0.3 is 35.7 Å². The molecule has 0 fully saturated rings. The van der Waals surface area contributed by atoms with E-state index in [2.05, 4.69) is 26.3 Å². The van der Waals surface area contributed by atoms with E-state index in [-0.39, 0.29) is 50.0 Å². The number of nitrogens with one attached hydrogen (secondary N) is 5. The fraction of sp³-hybridized carbons (Fsp3) is 0.333. The van der Waals surface area contributed by atoms with Gasteiger partial charge in [-0.15, -0.1) is 0 Å². The Morgan fingerprint density at radius 1 is 0.644 bits per heavy atom. The highest BCUT2D eigenvalue weighted by molar-refractivity contribution is 6.31. The number of carbonyl (C=O) groups is 6. The minimum Gasteiger partial charge on any atom is -0.465 e. The minimum atomic E-state index is -1.55. The number of aromatic amines is 1. The van der Waals surface area contributed by atoms with Crippen molar-refractivity contribution in [2.45, 2.75) is 71.5 Å². The van der Waals surface area contributed by atoms with Crippen molar-refractivity contribution < 1.29 is 38.2 Å². The van der Waals surface area contributed by atoms with Crippen molar-refractivity contribution in [1.29, 1.82) is 0 Å². The molecule has 0 aliphatic carbocycles. The Hall–Kier alpha value is -6.21. The van der Waals surface area contributed by atoms with Crippen molar-refractivity contribution in [1.82, 2.24) is 20.9 Å². The molecule has 13 nitrogen and oxygen atoms in total. The van der Waals surface area contributed by atoms with Crippen LogP contribution in [0.5, 0.6) is 0 Å². The third-order valence-electron chi connectivity index (χ3n) is 9.22. The summed E-state index contributed by atoms with van der Waals surface area (Å²) in [5, 5.41) is 13.8. The van der Waals surface area contributed by atoms with Gasteiger partial charge in [-0.3, -0.25) is 28.8 Å². The van der Waals surface area contributed by atoms with Gasteiger partial charge in [-0.25, -0.2) is 0 Å². The lowest BCUT2D eigenvalue weighted by Gasteiger charge is -2.25. The first-order chi connectivity index (χ1) is 28.2. The van der Waals surface area contributed by atoms with E-state index in [1.54, 1.807) is 54.6 Å². The summed E-state index contributed by atoms with van der Waals surface area (Å²) in [5.41, 5.74) is 2.02. The Labute approximate surface area is 347 Å². The number of amides is 4. The molecule has 0 bridgehead atoms. The highest BCUT2D eigenvalue weighted by Gasteiger charge is 2.33. The first-order valence-corrected chi connectivity index (χ1v) is 20.0. The topological polar surface area (TPSA) is 185 Å². The third-order valence-corrected chi connectivity index (χ3v) is 9.46. The van der Waals surface area contributed by atoms with E-state index in [1.807, 2.05) is 70.2 Å². The van der Waals surface area contributed by atoms with E-state index < -0.39 is 60.1 Å². The lowest BCUT2D eigenvalue weighted by Crippen LogP contribution is -2.57. The maximum Gasteiger partial charge on any atom is 0.308 e. The second kappa shape index (κ2) is 21.0. The van der Waals surface area contributed by atoms with Crippen LogP contribution in [0.25, 0.3) is 21.7 Å². The summed E-state index contributed by atoms with van der Waals surface area (Å²) in [6, 6.07) is 24.4. The molecule has 59 heavy (non-hydrogen) atoms. The van der Waals surface area contributed by atoms with Crippen molar-refractivity contribution in [3.8, 4) is 0 Å². The van der Waals surface area contributed by atoms with Gasteiger partial charge in [0, 0.05) is 34.5 Å². The van der Waals surface area contributed by atoms with Gasteiger partial charge >= 0.3 is 11.9 Å². The molecule has 310 valence electrons. The summed E-state index contributed by atoms with van der Waals surface area (Å²) in [5.74, 6) is -4.14. The zero-order valence-corrected chi connectivity index (χ0v) is 34.3. The van der Waals surface area contributed by atoms with Crippen LogP contribution in [0.2, 0.25) is 5.02 Å². The Kier molecular flexibility index (Phi) is 15.6. The first kappa shape index (κ1) is 43.9. The van der Waals surface area contributed by atoms with Crippen LogP contribution in [0.4, 0.5) is 5.69 Å². The Morgan fingerprint density at radius 3 is 2.02 bits per heavy atom. The van der Waals surface area contributed by atoms with Crippen molar-refractivity contribution >= 4 is 74.5 Å². The van der Waals surface area contributed by atoms with Gasteiger partial charge in [0.2, 0.25) is 17.7 Å². The van der Waals surface area contributed by atoms with Gasteiger partial charge in [-0.2, -0.15) is 0 Å². The average molecular weight is 824 g/mol. The maximum absolute atomic E-state index is 14.4. The molecule has 0 saturated heterocycles. The molecule has 0 aliphatic heterocycles. The highest BCUT2D eigenvalue weighted by Crippen LogP contribution is 2.22. The van der Waals surface area contributed by atoms with E-state index in [9.17, 15) is 28.8 Å². The predicted octanol–water partition coefficient (Wildman–Crippen LogP) is 6.49. The van der Waals surface area contributed by atoms with Crippen LogP contribution in [0.15, 0.2) is 97.1 Å². The number of hydrogen-bond acceptors (Lipinski definition) is 8. The number of hydrogen-bond donors (Lipinski definition) is 5. The Balaban J connectivity index is 1.43. The fourth-order valence-corrected chi connectivity index (χ4v) is 6.39. The lowest BCUT2D eigenvalue weighted by molar-refractivity contribution is -0.147. The van der Waals surface area contributed by atoms with Crippen LogP contribution >= 0.6 is 11.6 Å². The molecule has 1 aromatic heterocycles. The number of rotatable bonds is 19. The Bertz CT molecular complexity index is 2270. The van der Waals surface area contributed by atoms with E-state index in [0.29, 0.717) is 21.6 Å². The molecule has 5 aromatic rings. The third kappa shape index (κ3) is 13.2. The molecule has 0 aliphatic rings. The van der Waals surface area contributed by atoms with Crippen molar-refractivity contribution in [3.63, 3.8) is 0 Å². The van der Waals surface area contributed by atoms with Crippen LogP contribution < -0.4 is 21.3 Å². The molecular formula is C45H50ClN5O8. The van der Waals surface area contributed by atoms with Gasteiger partial charge in [-0.05, 0) is 71.0 Å². The normalized spacial score (nSPS) is 12.7. The van der Waals surface area contributed by atoms with Gasteiger partial charge in [0.05, 0.1) is 19.6 Å². The molecule has 0 saturated carbocycles. The largest absolute Gasteiger partial charge is 0.465 e. The van der Waals surface area contributed by atoms with Crippen molar-refractivity contribution in [2.24, 2.45) is 11.8 Å². The molecule has 4 aromatic carbocycles. The van der Waals surface area contributed by atoms with Crippen LogP contribution in [0.1, 0.15) is 63.0 Å². The van der Waals surface area contributed by atoms with Gasteiger partial charge in [0.1, 0.15) is 23.8 Å². The zero-order chi connectivity index (χ0) is 42.5. The summed E-state index contributed by atoms with van der Waals surface area (Å²) in [6.07, 6.45) is -0.926. The number of H-pyrrole nitrogens is 1. The number of benzene rings is 4. The average Bonchev–Trinajstić information content (AvgIpc) is 3.64. The van der Waals surface area contributed by atoms with Gasteiger partial charge in [-0.1, -0.05) is 100.0 Å². The van der Waals surface area contributed by atoms with Gasteiger partial charge in [0.15, 0.2) is 0 Å². The predicted molar refractivity (Wildman–Crippen MR) is 227 cm³/mol. The smallest absolute Gasteiger partial charge is 0.308 e. The van der Waals surface area contributed by atoms with Crippen molar-refractivity contribution in [2.75, 3.05) is 18.5 Å². The number of fused-ring (bicyclic) bond motifs is 2. The fourth-order valence-electron chi connectivity index (χ4n) is 6.21. The summed E-state index contributed by atoms with van der Waals surface area (Å²) in [6.45, 7) is 7.73. The maximum atomic E-state index is 14.4.